The summed E-state index contributed by atoms with van der Waals surface area (Å²) in [5, 5.41) is 5.15. The van der Waals surface area contributed by atoms with Crippen molar-refractivity contribution in [1.82, 2.24) is 4.57 Å². The third kappa shape index (κ3) is 3.30. The molecule has 0 fully saturated rings. The summed E-state index contributed by atoms with van der Waals surface area (Å²) in [5.74, 6) is 0.883. The van der Waals surface area contributed by atoms with Crippen LogP contribution in [0.4, 0.5) is 0 Å². The van der Waals surface area contributed by atoms with Crippen LogP contribution in [0.15, 0.2) is 115 Å². The molecule has 2 nitrogen and oxygen atoms in total. The zero-order chi connectivity index (χ0) is 20.3. The molecule has 0 saturated heterocycles. The van der Waals surface area contributed by atoms with Gasteiger partial charge in [0.1, 0.15) is 5.75 Å². The van der Waals surface area contributed by atoms with Crippen LogP contribution in [0.25, 0.3) is 16.6 Å². The third-order valence-electron chi connectivity index (χ3n) is 5.31. The number of hydrogen-bond acceptors (Lipinski definition) is 1. The maximum absolute atomic E-state index is 5.87. The van der Waals surface area contributed by atoms with Gasteiger partial charge in [0.2, 0.25) is 0 Å². The molecule has 0 aliphatic carbocycles. The smallest absolute Gasteiger partial charge is 0.143 e. The van der Waals surface area contributed by atoms with Gasteiger partial charge in [-0.3, -0.25) is 0 Å². The summed E-state index contributed by atoms with van der Waals surface area (Å²) in [6.07, 6.45) is 2.15. The zero-order valence-electron chi connectivity index (χ0n) is 16.8. The molecule has 0 aliphatic rings. The average molecular weight is 407 g/mol. The molecule has 1 aromatic heterocycles. The van der Waals surface area contributed by atoms with Gasteiger partial charge >= 0.3 is 0 Å². The number of para-hydroxylation sites is 2. The van der Waals surface area contributed by atoms with Crippen LogP contribution in [-0.4, -0.2) is 11.7 Å². The second-order valence-corrected chi connectivity index (χ2v) is 9.26. The van der Waals surface area contributed by atoms with Crippen molar-refractivity contribution in [2.75, 3.05) is 7.11 Å². The van der Waals surface area contributed by atoms with E-state index in [1.165, 1.54) is 26.8 Å². The van der Waals surface area contributed by atoms with Crippen LogP contribution in [0.3, 0.4) is 0 Å². The Morgan fingerprint density at radius 3 is 1.93 bits per heavy atom. The van der Waals surface area contributed by atoms with Crippen LogP contribution in [0, 0.1) is 0 Å². The molecule has 146 valence electrons. The first-order valence-electron chi connectivity index (χ1n) is 10.0. The van der Waals surface area contributed by atoms with E-state index in [1.807, 2.05) is 0 Å². The van der Waals surface area contributed by atoms with E-state index in [4.69, 9.17) is 4.74 Å². The van der Waals surface area contributed by atoms with Crippen molar-refractivity contribution in [3.8, 4) is 11.4 Å². The maximum Gasteiger partial charge on any atom is 0.143 e. The van der Waals surface area contributed by atoms with Gasteiger partial charge in [-0.25, -0.2) is 0 Å². The average Bonchev–Trinajstić information content (AvgIpc) is 3.24. The van der Waals surface area contributed by atoms with Gasteiger partial charge in [-0.2, -0.15) is 0 Å². The maximum atomic E-state index is 5.87. The fourth-order valence-corrected chi connectivity index (χ4v) is 6.42. The van der Waals surface area contributed by atoms with Gasteiger partial charge in [-0.1, -0.05) is 91.0 Å². The first kappa shape index (κ1) is 18.7. The first-order chi connectivity index (χ1) is 14.9. The molecule has 0 unspecified atom stereocenters. The SMILES string of the molecule is COc1cccc(P(c2ccccc2)c2ccccc2)c1-n1ccc2ccccc21. The Labute approximate surface area is 178 Å². The van der Waals surface area contributed by atoms with Crippen LogP contribution in [0.5, 0.6) is 5.75 Å². The fraction of sp³-hybridized carbons (Fsp3) is 0.0370. The Morgan fingerprint density at radius 2 is 1.27 bits per heavy atom. The molecule has 1 heterocycles. The Bertz CT molecular complexity index is 1240. The van der Waals surface area contributed by atoms with Gasteiger partial charge < -0.3 is 9.30 Å². The highest BCUT2D eigenvalue weighted by molar-refractivity contribution is 7.80. The van der Waals surface area contributed by atoms with Crippen LogP contribution in [0.2, 0.25) is 0 Å². The molecule has 0 atom stereocenters. The van der Waals surface area contributed by atoms with Gasteiger partial charge in [0.05, 0.1) is 18.3 Å². The molecular formula is C27H22NOP. The van der Waals surface area contributed by atoms with E-state index in [-0.39, 0.29) is 0 Å². The number of fused-ring (bicyclic) bond motifs is 1. The van der Waals surface area contributed by atoms with Crippen molar-refractivity contribution >= 4 is 34.7 Å². The van der Waals surface area contributed by atoms with E-state index < -0.39 is 7.92 Å². The van der Waals surface area contributed by atoms with E-state index in [0.29, 0.717) is 0 Å². The molecule has 0 spiro atoms. The lowest BCUT2D eigenvalue weighted by atomic mass is 10.2. The molecule has 0 saturated carbocycles. The highest BCUT2D eigenvalue weighted by Gasteiger charge is 2.23. The van der Waals surface area contributed by atoms with Crippen LogP contribution >= 0.6 is 7.92 Å². The number of nitrogens with zero attached hydrogens (tertiary/aromatic N) is 1. The van der Waals surface area contributed by atoms with Crippen LogP contribution in [0.1, 0.15) is 0 Å². The topological polar surface area (TPSA) is 14.2 Å². The summed E-state index contributed by atoms with van der Waals surface area (Å²) < 4.78 is 8.14. The Balaban J connectivity index is 1.81. The summed E-state index contributed by atoms with van der Waals surface area (Å²) in [5.41, 5.74) is 2.29. The van der Waals surface area contributed by atoms with E-state index in [0.717, 1.165) is 11.4 Å². The summed E-state index contributed by atoms with van der Waals surface area (Å²) in [6.45, 7) is 0. The largest absolute Gasteiger partial charge is 0.495 e. The van der Waals surface area contributed by atoms with Gasteiger partial charge in [0.15, 0.2) is 0 Å². The molecular weight excluding hydrogens is 385 g/mol. The van der Waals surface area contributed by atoms with E-state index in [9.17, 15) is 0 Å². The molecule has 5 aromatic rings. The van der Waals surface area contributed by atoms with Crippen molar-refractivity contribution in [2.24, 2.45) is 0 Å². The fourth-order valence-electron chi connectivity index (χ4n) is 3.96. The number of ether oxygens (including phenoxy) is 1. The molecule has 0 aliphatic heterocycles. The standard InChI is InChI=1S/C27H22NOP/c1-29-25-17-10-18-26(27(25)28-20-19-21-11-8-9-16-24(21)28)30(22-12-4-2-5-13-22)23-14-6-3-7-15-23/h2-20H,1H3. The summed E-state index contributed by atoms with van der Waals surface area (Å²) >= 11 is 0. The third-order valence-corrected chi connectivity index (χ3v) is 7.78. The summed E-state index contributed by atoms with van der Waals surface area (Å²) in [4.78, 5) is 0. The van der Waals surface area contributed by atoms with Crippen molar-refractivity contribution in [1.29, 1.82) is 0 Å². The quantitative estimate of drug-likeness (QED) is 0.356. The zero-order valence-corrected chi connectivity index (χ0v) is 17.7. The minimum Gasteiger partial charge on any atom is -0.495 e. The van der Waals surface area contributed by atoms with E-state index >= 15 is 0 Å². The van der Waals surface area contributed by atoms with Crippen molar-refractivity contribution in [2.45, 2.75) is 0 Å². The second-order valence-electron chi connectivity index (χ2n) is 7.08. The van der Waals surface area contributed by atoms with Gasteiger partial charge in [-0.05, 0) is 42.1 Å². The highest BCUT2D eigenvalue weighted by Crippen LogP contribution is 2.39. The molecule has 5 rings (SSSR count). The van der Waals surface area contributed by atoms with Crippen molar-refractivity contribution in [3.63, 3.8) is 0 Å². The first-order valence-corrected chi connectivity index (χ1v) is 11.3. The molecule has 0 radical (unpaired) electrons. The molecule has 0 N–H and O–H groups in total. The van der Waals surface area contributed by atoms with Crippen molar-refractivity contribution < 1.29 is 4.74 Å². The minimum absolute atomic E-state index is 0.750. The van der Waals surface area contributed by atoms with Crippen molar-refractivity contribution in [3.05, 3.63) is 115 Å². The van der Waals surface area contributed by atoms with E-state index in [2.05, 4.69) is 120 Å². The Morgan fingerprint density at radius 1 is 0.633 bits per heavy atom. The predicted molar refractivity (Wildman–Crippen MR) is 129 cm³/mol. The number of benzene rings is 4. The number of aromatic nitrogens is 1. The second kappa shape index (κ2) is 8.18. The molecule has 3 heteroatoms. The summed E-state index contributed by atoms with van der Waals surface area (Å²) in [7, 11) is 1.00. The van der Waals surface area contributed by atoms with Gasteiger partial charge in [0.25, 0.3) is 0 Å². The molecule has 0 bridgehead atoms. The molecule has 0 amide bonds. The lowest BCUT2D eigenvalue weighted by Crippen LogP contribution is -2.24. The molecule has 30 heavy (non-hydrogen) atoms. The lowest BCUT2D eigenvalue weighted by Gasteiger charge is -2.24. The number of rotatable bonds is 5. The lowest BCUT2D eigenvalue weighted by molar-refractivity contribution is 0.413. The Hall–Kier alpha value is -3.35. The van der Waals surface area contributed by atoms with Gasteiger partial charge in [-0.15, -0.1) is 0 Å². The summed E-state index contributed by atoms with van der Waals surface area (Å²) in [6, 6.07) is 38.6. The highest BCUT2D eigenvalue weighted by atomic mass is 31.1. The Kier molecular flexibility index (Phi) is 5.09. The van der Waals surface area contributed by atoms with E-state index in [1.54, 1.807) is 7.11 Å². The monoisotopic (exact) mass is 407 g/mol. The molecule has 4 aromatic carbocycles. The normalized spacial score (nSPS) is 11.1. The van der Waals surface area contributed by atoms with Crippen LogP contribution < -0.4 is 20.7 Å². The number of methoxy groups -OCH3 is 1. The number of hydrogen-bond donors (Lipinski definition) is 0. The minimum atomic E-state index is -0.750. The van der Waals surface area contributed by atoms with Crippen LogP contribution in [-0.2, 0) is 0 Å². The predicted octanol–water partition coefficient (Wildman–Crippen LogP) is 5.40. The van der Waals surface area contributed by atoms with Gasteiger partial charge in [0, 0.05) is 11.5 Å².